The van der Waals surface area contributed by atoms with Crippen molar-refractivity contribution in [3.05, 3.63) is 71.2 Å². The fourth-order valence-electron chi connectivity index (χ4n) is 2.80. The van der Waals surface area contributed by atoms with E-state index < -0.39 is 18.0 Å². The summed E-state index contributed by atoms with van der Waals surface area (Å²) in [7, 11) is 1.55. The van der Waals surface area contributed by atoms with Crippen molar-refractivity contribution in [3.8, 4) is 5.75 Å². The quantitative estimate of drug-likeness (QED) is 0.788. The number of methoxy groups -OCH3 is 1. The van der Waals surface area contributed by atoms with Crippen LogP contribution in [0.15, 0.2) is 59.8 Å². The number of amides is 3. The molecule has 0 saturated carbocycles. The maximum atomic E-state index is 13.0. The minimum Gasteiger partial charge on any atom is -0.497 e. The molecule has 1 unspecified atom stereocenters. The lowest BCUT2D eigenvalue weighted by Gasteiger charge is -2.28. The minimum atomic E-state index is -0.640. The number of carbonyl (C=O) groups is 2. The van der Waals surface area contributed by atoms with Crippen molar-refractivity contribution in [2.75, 3.05) is 12.4 Å². The molecule has 0 fully saturated rings. The molecule has 0 radical (unpaired) electrons. The van der Waals surface area contributed by atoms with Crippen LogP contribution in [0.3, 0.4) is 0 Å². The van der Waals surface area contributed by atoms with Crippen LogP contribution >= 0.6 is 0 Å². The van der Waals surface area contributed by atoms with Crippen LogP contribution in [0.2, 0.25) is 0 Å². The van der Waals surface area contributed by atoms with Crippen molar-refractivity contribution >= 4 is 17.6 Å². The molecule has 1 atom stereocenters. The molecule has 1 heterocycles. The molecular weight excluding hydrogens is 337 g/mol. The molecule has 0 aromatic heterocycles. The molecule has 3 amide bonds. The third kappa shape index (κ3) is 3.66. The van der Waals surface area contributed by atoms with Crippen molar-refractivity contribution in [1.82, 2.24) is 10.6 Å². The van der Waals surface area contributed by atoms with Gasteiger partial charge >= 0.3 is 6.03 Å². The molecule has 2 aromatic rings. The van der Waals surface area contributed by atoms with Gasteiger partial charge in [-0.3, -0.25) is 4.79 Å². The van der Waals surface area contributed by atoms with E-state index in [-0.39, 0.29) is 5.82 Å². The maximum absolute atomic E-state index is 13.0. The Morgan fingerprint density at radius 2 is 1.92 bits per heavy atom. The third-order valence-electron chi connectivity index (χ3n) is 4.04. The van der Waals surface area contributed by atoms with Gasteiger partial charge in [0.2, 0.25) is 0 Å². The van der Waals surface area contributed by atoms with Crippen LogP contribution in [0, 0.1) is 5.82 Å². The van der Waals surface area contributed by atoms with Crippen LogP contribution in [-0.2, 0) is 4.79 Å². The summed E-state index contributed by atoms with van der Waals surface area (Å²) in [5.41, 5.74) is 1.98. The Bertz CT molecular complexity index is 878. The van der Waals surface area contributed by atoms with Crippen molar-refractivity contribution < 1.29 is 18.7 Å². The summed E-state index contributed by atoms with van der Waals surface area (Å²) in [4.78, 5) is 24.7. The summed E-state index contributed by atoms with van der Waals surface area (Å²) in [6.07, 6.45) is 0. The molecular formula is C19H18FN3O3. The number of urea groups is 1. The van der Waals surface area contributed by atoms with Crippen LogP contribution in [0.25, 0.3) is 0 Å². The van der Waals surface area contributed by atoms with Gasteiger partial charge in [-0.05, 0) is 48.9 Å². The summed E-state index contributed by atoms with van der Waals surface area (Å²) in [5.74, 6) is -0.167. The summed E-state index contributed by atoms with van der Waals surface area (Å²) in [6.45, 7) is 1.66. The average molecular weight is 355 g/mol. The number of halogens is 1. The summed E-state index contributed by atoms with van der Waals surface area (Å²) in [6, 6.07) is 11.6. The second-order valence-electron chi connectivity index (χ2n) is 5.81. The van der Waals surface area contributed by atoms with Gasteiger partial charge in [-0.1, -0.05) is 12.1 Å². The molecule has 2 aromatic carbocycles. The van der Waals surface area contributed by atoms with Crippen LogP contribution in [0.4, 0.5) is 14.9 Å². The number of ether oxygens (including phenoxy) is 1. The number of hydrogen-bond acceptors (Lipinski definition) is 3. The van der Waals surface area contributed by atoms with Crippen molar-refractivity contribution in [3.63, 3.8) is 0 Å². The molecule has 1 aliphatic rings. The topological polar surface area (TPSA) is 79.5 Å². The Morgan fingerprint density at radius 3 is 2.62 bits per heavy atom. The highest BCUT2D eigenvalue weighted by Crippen LogP contribution is 2.29. The van der Waals surface area contributed by atoms with Crippen molar-refractivity contribution in [2.24, 2.45) is 0 Å². The van der Waals surface area contributed by atoms with Gasteiger partial charge in [0, 0.05) is 11.4 Å². The van der Waals surface area contributed by atoms with E-state index in [2.05, 4.69) is 16.0 Å². The number of rotatable bonds is 4. The van der Waals surface area contributed by atoms with Crippen LogP contribution in [-0.4, -0.2) is 19.0 Å². The standard InChI is InChI=1S/C19H18FN3O3/c1-11-16(18(24)22-14-8-6-13(20)7-9-14)17(23-19(25)21-11)12-4-3-5-15(10-12)26-2/h3-10,17H,1-2H3,(H,22,24)(H2,21,23,25). The average Bonchev–Trinajstić information content (AvgIpc) is 2.63. The molecule has 26 heavy (non-hydrogen) atoms. The predicted molar refractivity (Wildman–Crippen MR) is 95.1 cm³/mol. The first-order valence-corrected chi connectivity index (χ1v) is 7.97. The Labute approximate surface area is 150 Å². The lowest BCUT2D eigenvalue weighted by molar-refractivity contribution is -0.113. The lowest BCUT2D eigenvalue weighted by Crippen LogP contribution is -2.45. The number of benzene rings is 2. The normalized spacial score (nSPS) is 16.6. The van der Waals surface area contributed by atoms with Gasteiger partial charge in [0.15, 0.2) is 0 Å². The first-order valence-electron chi connectivity index (χ1n) is 7.97. The molecule has 0 aliphatic carbocycles. The number of carbonyl (C=O) groups excluding carboxylic acids is 2. The van der Waals surface area contributed by atoms with Gasteiger partial charge < -0.3 is 20.7 Å². The fourth-order valence-corrected chi connectivity index (χ4v) is 2.80. The van der Waals surface area contributed by atoms with Gasteiger partial charge in [0.05, 0.1) is 18.7 Å². The zero-order valence-corrected chi connectivity index (χ0v) is 14.3. The number of hydrogen-bond donors (Lipinski definition) is 3. The number of nitrogens with one attached hydrogen (secondary N) is 3. The molecule has 6 nitrogen and oxygen atoms in total. The van der Waals surface area contributed by atoms with Gasteiger partial charge in [-0.15, -0.1) is 0 Å². The van der Waals surface area contributed by atoms with E-state index in [4.69, 9.17) is 4.74 Å². The molecule has 7 heteroatoms. The number of anilines is 1. The zero-order valence-electron chi connectivity index (χ0n) is 14.3. The molecule has 0 spiro atoms. The molecule has 3 rings (SSSR count). The SMILES string of the molecule is COc1cccc(C2NC(=O)NC(C)=C2C(=O)Nc2ccc(F)cc2)c1. The third-order valence-corrected chi connectivity index (χ3v) is 4.04. The predicted octanol–water partition coefficient (Wildman–Crippen LogP) is 3.10. The molecule has 1 aliphatic heterocycles. The second kappa shape index (κ2) is 7.26. The number of allylic oxidation sites excluding steroid dienone is 1. The van der Waals surface area contributed by atoms with Crippen molar-refractivity contribution in [1.29, 1.82) is 0 Å². The molecule has 0 saturated heterocycles. The van der Waals surface area contributed by atoms with Crippen LogP contribution in [0.5, 0.6) is 5.75 Å². The van der Waals surface area contributed by atoms with E-state index in [1.807, 2.05) is 0 Å². The van der Waals surface area contributed by atoms with E-state index in [0.29, 0.717) is 28.3 Å². The molecule has 134 valence electrons. The van der Waals surface area contributed by atoms with E-state index in [0.717, 1.165) is 0 Å². The fraction of sp³-hybridized carbons (Fsp3) is 0.158. The van der Waals surface area contributed by atoms with Gasteiger partial charge in [-0.25, -0.2) is 9.18 Å². The Hall–Kier alpha value is -3.35. The summed E-state index contributed by atoms with van der Waals surface area (Å²) >= 11 is 0. The lowest BCUT2D eigenvalue weighted by atomic mass is 9.94. The monoisotopic (exact) mass is 355 g/mol. The Morgan fingerprint density at radius 1 is 1.19 bits per heavy atom. The van der Waals surface area contributed by atoms with Gasteiger partial charge in [-0.2, -0.15) is 0 Å². The van der Waals surface area contributed by atoms with Gasteiger partial charge in [0.25, 0.3) is 5.91 Å². The maximum Gasteiger partial charge on any atom is 0.319 e. The molecule has 0 bridgehead atoms. The van der Waals surface area contributed by atoms with E-state index in [1.54, 1.807) is 38.3 Å². The Kier molecular flexibility index (Phi) is 4.88. The van der Waals surface area contributed by atoms with Crippen molar-refractivity contribution in [2.45, 2.75) is 13.0 Å². The summed E-state index contributed by atoms with van der Waals surface area (Å²) < 4.78 is 18.3. The highest BCUT2D eigenvalue weighted by molar-refractivity contribution is 6.06. The Balaban J connectivity index is 1.94. The summed E-state index contributed by atoms with van der Waals surface area (Å²) in [5, 5.41) is 8.09. The highest BCUT2D eigenvalue weighted by Gasteiger charge is 2.31. The minimum absolute atomic E-state index is 0.363. The smallest absolute Gasteiger partial charge is 0.319 e. The second-order valence-corrected chi connectivity index (χ2v) is 5.81. The van der Waals surface area contributed by atoms with Crippen LogP contribution in [0.1, 0.15) is 18.5 Å². The molecule has 3 N–H and O–H groups in total. The first-order chi connectivity index (χ1) is 12.5. The van der Waals surface area contributed by atoms with E-state index in [1.165, 1.54) is 24.3 Å². The highest BCUT2D eigenvalue weighted by atomic mass is 19.1. The zero-order chi connectivity index (χ0) is 18.7. The van der Waals surface area contributed by atoms with E-state index in [9.17, 15) is 14.0 Å². The van der Waals surface area contributed by atoms with Gasteiger partial charge in [0.1, 0.15) is 11.6 Å². The largest absolute Gasteiger partial charge is 0.497 e. The first kappa shape index (κ1) is 17.5. The van der Waals surface area contributed by atoms with E-state index >= 15 is 0 Å². The van der Waals surface area contributed by atoms with Crippen LogP contribution < -0.4 is 20.7 Å².